The Morgan fingerprint density at radius 3 is 2.23 bits per heavy atom. The predicted octanol–water partition coefficient (Wildman–Crippen LogP) is 4.99. The summed E-state index contributed by atoms with van der Waals surface area (Å²) in [6, 6.07) is 22.8. The van der Waals surface area contributed by atoms with E-state index in [0.717, 1.165) is 49.1 Å². The quantitative estimate of drug-likeness (QED) is 0.624. The van der Waals surface area contributed by atoms with Crippen molar-refractivity contribution in [2.75, 3.05) is 23.3 Å². The van der Waals surface area contributed by atoms with E-state index in [2.05, 4.69) is 60.5 Å². The lowest BCUT2D eigenvalue weighted by Gasteiger charge is -2.22. The van der Waals surface area contributed by atoms with Gasteiger partial charge in [-0.3, -0.25) is 0 Å². The Morgan fingerprint density at radius 2 is 1.58 bits per heavy atom. The molecule has 4 heteroatoms. The van der Waals surface area contributed by atoms with Crippen molar-refractivity contribution >= 4 is 11.8 Å². The first kappa shape index (κ1) is 17.9. The second-order valence-electron chi connectivity index (χ2n) is 6.23. The summed E-state index contributed by atoms with van der Waals surface area (Å²) in [4.78, 5) is 11.8. The highest BCUT2D eigenvalue weighted by Gasteiger charge is 2.12. The molecule has 1 heterocycles. The molecule has 26 heavy (non-hydrogen) atoms. The first-order valence-electron chi connectivity index (χ1n) is 9.27. The van der Waals surface area contributed by atoms with Crippen molar-refractivity contribution in [2.24, 2.45) is 0 Å². The molecular formula is C22H26N4. The second kappa shape index (κ2) is 8.99. The van der Waals surface area contributed by atoms with Crippen molar-refractivity contribution in [3.63, 3.8) is 0 Å². The van der Waals surface area contributed by atoms with Gasteiger partial charge in [-0.25, -0.2) is 4.98 Å². The van der Waals surface area contributed by atoms with Crippen LogP contribution in [-0.4, -0.2) is 23.1 Å². The number of nitrogens with one attached hydrogen (secondary N) is 1. The molecule has 0 bridgehead atoms. The molecule has 0 saturated heterocycles. The number of aromatic nitrogens is 2. The minimum Gasteiger partial charge on any atom is -0.370 e. The number of rotatable bonds is 8. The maximum absolute atomic E-state index is 4.85. The number of benzene rings is 2. The zero-order valence-electron chi connectivity index (χ0n) is 15.5. The average Bonchev–Trinajstić information content (AvgIpc) is 2.71. The van der Waals surface area contributed by atoms with Crippen molar-refractivity contribution in [2.45, 2.75) is 26.8 Å². The van der Waals surface area contributed by atoms with E-state index in [0.29, 0.717) is 0 Å². The lowest BCUT2D eigenvalue weighted by Crippen LogP contribution is -2.24. The van der Waals surface area contributed by atoms with Crippen molar-refractivity contribution in [1.29, 1.82) is 0 Å². The second-order valence-corrected chi connectivity index (χ2v) is 6.23. The lowest BCUT2D eigenvalue weighted by molar-refractivity contribution is 0.792. The molecule has 1 aromatic heterocycles. The van der Waals surface area contributed by atoms with Crippen LogP contribution in [0, 0.1) is 0 Å². The fraction of sp³-hybridized carbons (Fsp3) is 0.273. The molecule has 1 N–H and O–H groups in total. The Kier molecular flexibility index (Phi) is 6.20. The molecule has 0 fully saturated rings. The monoisotopic (exact) mass is 346 g/mol. The Balaban J connectivity index is 1.95. The molecule has 0 radical (unpaired) electrons. The zero-order valence-corrected chi connectivity index (χ0v) is 15.5. The Bertz CT molecular complexity index is 803. The molecular weight excluding hydrogens is 320 g/mol. The predicted molar refractivity (Wildman–Crippen MR) is 109 cm³/mol. The summed E-state index contributed by atoms with van der Waals surface area (Å²) in [5, 5.41) is 3.41. The van der Waals surface area contributed by atoms with Crippen LogP contribution in [0.3, 0.4) is 0 Å². The van der Waals surface area contributed by atoms with Crippen LogP contribution in [0.1, 0.15) is 25.8 Å². The molecule has 3 aromatic rings. The maximum Gasteiger partial charge on any atom is 0.228 e. The normalized spacial score (nSPS) is 10.5. The molecule has 0 unspecified atom stereocenters. The summed E-state index contributed by atoms with van der Waals surface area (Å²) >= 11 is 0. The van der Waals surface area contributed by atoms with E-state index in [1.165, 1.54) is 5.56 Å². The highest BCUT2D eigenvalue weighted by Crippen LogP contribution is 2.23. The third kappa shape index (κ3) is 4.60. The summed E-state index contributed by atoms with van der Waals surface area (Å²) in [5.74, 6) is 1.64. The fourth-order valence-electron chi connectivity index (χ4n) is 2.80. The number of hydrogen-bond acceptors (Lipinski definition) is 4. The van der Waals surface area contributed by atoms with E-state index < -0.39 is 0 Å². The van der Waals surface area contributed by atoms with Crippen LogP contribution in [0.2, 0.25) is 0 Å². The van der Waals surface area contributed by atoms with E-state index >= 15 is 0 Å². The zero-order chi connectivity index (χ0) is 18.2. The van der Waals surface area contributed by atoms with Crippen LogP contribution in [0.25, 0.3) is 11.3 Å². The fourth-order valence-corrected chi connectivity index (χ4v) is 2.80. The van der Waals surface area contributed by atoms with Gasteiger partial charge >= 0.3 is 0 Å². The smallest absolute Gasteiger partial charge is 0.228 e. The number of hydrogen-bond donors (Lipinski definition) is 1. The van der Waals surface area contributed by atoms with Gasteiger partial charge in [-0.05, 0) is 18.9 Å². The third-order valence-corrected chi connectivity index (χ3v) is 4.22. The molecule has 0 atom stereocenters. The van der Waals surface area contributed by atoms with E-state index in [9.17, 15) is 0 Å². The van der Waals surface area contributed by atoms with E-state index in [1.807, 2.05) is 30.3 Å². The topological polar surface area (TPSA) is 41.1 Å². The number of nitrogens with zero attached hydrogens (tertiary/aromatic N) is 3. The van der Waals surface area contributed by atoms with Crippen molar-refractivity contribution in [1.82, 2.24) is 9.97 Å². The van der Waals surface area contributed by atoms with E-state index in [1.54, 1.807) is 0 Å². The van der Waals surface area contributed by atoms with Crippen LogP contribution in [-0.2, 0) is 6.54 Å². The SMILES string of the molecule is CCCNc1cc(-c2ccccc2)nc(N(CC)Cc2ccccc2)n1. The van der Waals surface area contributed by atoms with E-state index in [4.69, 9.17) is 9.97 Å². The van der Waals surface area contributed by atoms with Gasteiger partial charge in [0.2, 0.25) is 5.95 Å². The van der Waals surface area contributed by atoms with Crippen LogP contribution in [0.15, 0.2) is 66.7 Å². The van der Waals surface area contributed by atoms with Crippen LogP contribution in [0.4, 0.5) is 11.8 Å². The summed E-state index contributed by atoms with van der Waals surface area (Å²) in [5.41, 5.74) is 3.30. The average molecular weight is 346 g/mol. The molecule has 0 amide bonds. The van der Waals surface area contributed by atoms with Gasteiger partial charge < -0.3 is 10.2 Å². The van der Waals surface area contributed by atoms with Gasteiger partial charge in [0, 0.05) is 31.3 Å². The largest absolute Gasteiger partial charge is 0.370 e. The van der Waals surface area contributed by atoms with Gasteiger partial charge in [-0.2, -0.15) is 4.98 Å². The molecule has 0 aliphatic carbocycles. The molecule has 0 saturated carbocycles. The highest BCUT2D eigenvalue weighted by molar-refractivity contribution is 5.64. The van der Waals surface area contributed by atoms with Crippen molar-refractivity contribution < 1.29 is 0 Å². The molecule has 134 valence electrons. The van der Waals surface area contributed by atoms with E-state index in [-0.39, 0.29) is 0 Å². The third-order valence-electron chi connectivity index (χ3n) is 4.22. The highest BCUT2D eigenvalue weighted by atomic mass is 15.3. The molecule has 0 spiro atoms. The summed E-state index contributed by atoms with van der Waals surface area (Å²) in [6.07, 6.45) is 1.06. The molecule has 4 nitrogen and oxygen atoms in total. The summed E-state index contributed by atoms with van der Waals surface area (Å²) < 4.78 is 0. The minimum atomic E-state index is 0.760. The summed E-state index contributed by atoms with van der Waals surface area (Å²) in [6.45, 7) is 6.83. The van der Waals surface area contributed by atoms with Crippen LogP contribution in [0.5, 0.6) is 0 Å². The number of anilines is 2. The van der Waals surface area contributed by atoms with Crippen LogP contribution >= 0.6 is 0 Å². The van der Waals surface area contributed by atoms with Crippen molar-refractivity contribution in [3.05, 3.63) is 72.3 Å². The first-order valence-corrected chi connectivity index (χ1v) is 9.27. The Morgan fingerprint density at radius 1 is 0.885 bits per heavy atom. The summed E-state index contributed by atoms with van der Waals surface area (Å²) in [7, 11) is 0. The van der Waals surface area contributed by atoms with Gasteiger partial charge in [0.15, 0.2) is 0 Å². The molecule has 0 aliphatic heterocycles. The molecule has 3 rings (SSSR count). The Labute approximate surface area is 155 Å². The van der Waals surface area contributed by atoms with Gasteiger partial charge in [0.25, 0.3) is 0 Å². The first-order chi connectivity index (χ1) is 12.8. The molecule has 0 aliphatic rings. The van der Waals surface area contributed by atoms with Crippen molar-refractivity contribution in [3.8, 4) is 11.3 Å². The van der Waals surface area contributed by atoms with Gasteiger partial charge in [-0.15, -0.1) is 0 Å². The van der Waals surface area contributed by atoms with Gasteiger partial charge in [0.1, 0.15) is 5.82 Å². The molecule has 2 aromatic carbocycles. The minimum absolute atomic E-state index is 0.760. The van der Waals surface area contributed by atoms with Gasteiger partial charge in [-0.1, -0.05) is 67.6 Å². The maximum atomic E-state index is 4.85. The van der Waals surface area contributed by atoms with Gasteiger partial charge in [0.05, 0.1) is 5.69 Å². The lowest BCUT2D eigenvalue weighted by atomic mass is 10.1. The Hall–Kier alpha value is -2.88. The van der Waals surface area contributed by atoms with Crippen LogP contribution < -0.4 is 10.2 Å². The standard InChI is InChI=1S/C22H26N4/c1-3-15-23-21-16-20(19-13-9-6-10-14-19)24-22(25-21)26(4-2)17-18-11-7-5-8-12-18/h5-14,16H,3-4,15,17H2,1-2H3,(H,23,24,25).